The number of benzene rings is 1. The van der Waals surface area contributed by atoms with E-state index in [4.69, 9.17) is 34.8 Å². The molecule has 1 heterocycles. The van der Waals surface area contributed by atoms with Crippen LogP contribution in [0, 0.1) is 0 Å². The molecule has 3 nitrogen and oxygen atoms in total. The van der Waals surface area contributed by atoms with Gasteiger partial charge in [0.1, 0.15) is 17.3 Å². The average Bonchev–Trinajstić information content (AvgIpc) is 2.41. The summed E-state index contributed by atoms with van der Waals surface area (Å²) in [6, 6.07) is 7.67. The first kappa shape index (κ1) is 14.4. The second-order valence-electron chi connectivity index (χ2n) is 4.08. The summed E-state index contributed by atoms with van der Waals surface area (Å²) in [7, 11) is 1.93. The van der Waals surface area contributed by atoms with Crippen LogP contribution in [0.4, 0.5) is 5.82 Å². The quantitative estimate of drug-likeness (QED) is 0.626. The van der Waals surface area contributed by atoms with Gasteiger partial charge in [0, 0.05) is 24.2 Å². The van der Waals surface area contributed by atoms with E-state index < -0.39 is 0 Å². The van der Waals surface area contributed by atoms with E-state index in [1.807, 2.05) is 36.2 Å². The Morgan fingerprint density at radius 1 is 1.11 bits per heavy atom. The molecule has 0 fully saturated rings. The fourth-order valence-electron chi connectivity index (χ4n) is 1.76. The number of anilines is 1. The summed E-state index contributed by atoms with van der Waals surface area (Å²) in [6.07, 6.45) is 1.44. The number of nitrogens with zero attached hydrogens (tertiary/aromatic N) is 3. The van der Waals surface area contributed by atoms with Crippen LogP contribution in [0.25, 0.3) is 0 Å². The highest BCUT2D eigenvalue weighted by Crippen LogP contribution is 2.25. The molecule has 2 aromatic rings. The third-order valence-corrected chi connectivity index (χ3v) is 3.54. The molecule has 2 rings (SSSR count). The van der Waals surface area contributed by atoms with Gasteiger partial charge in [-0.1, -0.05) is 35.3 Å². The van der Waals surface area contributed by atoms with Crippen LogP contribution in [0.3, 0.4) is 0 Å². The maximum absolute atomic E-state index is 6.02. The highest BCUT2D eigenvalue weighted by atomic mass is 35.5. The molecule has 0 saturated carbocycles. The minimum absolute atomic E-state index is 0.278. The van der Waals surface area contributed by atoms with Gasteiger partial charge < -0.3 is 4.90 Å². The van der Waals surface area contributed by atoms with Crippen LogP contribution in [0.15, 0.2) is 30.6 Å². The molecule has 6 heteroatoms. The molecule has 0 atom stereocenters. The van der Waals surface area contributed by atoms with E-state index in [-0.39, 0.29) is 5.88 Å². The number of hydrogen-bond donors (Lipinski definition) is 0. The highest BCUT2D eigenvalue weighted by Gasteiger charge is 2.13. The van der Waals surface area contributed by atoms with E-state index in [2.05, 4.69) is 9.97 Å². The summed E-state index contributed by atoms with van der Waals surface area (Å²) < 4.78 is 0. The van der Waals surface area contributed by atoms with Crippen LogP contribution >= 0.6 is 34.8 Å². The van der Waals surface area contributed by atoms with E-state index in [0.29, 0.717) is 11.7 Å². The molecule has 0 bridgehead atoms. The minimum Gasteiger partial charge on any atom is -0.355 e. The van der Waals surface area contributed by atoms with Crippen molar-refractivity contribution in [2.45, 2.75) is 12.4 Å². The Morgan fingerprint density at radius 2 is 1.79 bits per heavy atom. The molecular weight excluding hydrogens is 305 g/mol. The van der Waals surface area contributed by atoms with Crippen LogP contribution in [0.1, 0.15) is 11.1 Å². The first-order valence-corrected chi connectivity index (χ1v) is 6.91. The van der Waals surface area contributed by atoms with Gasteiger partial charge in [0.2, 0.25) is 0 Å². The molecule has 0 aliphatic heterocycles. The minimum atomic E-state index is 0.278. The Kier molecular flexibility index (Phi) is 4.86. The Balaban J connectivity index is 2.22. The molecule has 1 aromatic heterocycles. The van der Waals surface area contributed by atoms with E-state index >= 15 is 0 Å². The fraction of sp³-hybridized carbons (Fsp3) is 0.231. The van der Waals surface area contributed by atoms with E-state index in [0.717, 1.165) is 22.0 Å². The molecule has 0 N–H and O–H groups in total. The zero-order valence-electron chi connectivity index (χ0n) is 10.3. The average molecular weight is 317 g/mol. The summed E-state index contributed by atoms with van der Waals surface area (Å²) in [5.74, 6) is 1.02. The molecule has 0 saturated heterocycles. The normalized spacial score (nSPS) is 10.5. The molecule has 19 heavy (non-hydrogen) atoms. The molecule has 0 unspecified atom stereocenters. The number of alkyl halides is 1. The fourth-order valence-corrected chi connectivity index (χ4v) is 2.40. The number of hydrogen-bond acceptors (Lipinski definition) is 3. The van der Waals surface area contributed by atoms with E-state index in [1.165, 1.54) is 6.33 Å². The standard InChI is InChI=1S/C13H12Cl3N3/c1-19(7-9-2-4-10(15)5-3-9)13-11(6-14)12(16)17-8-18-13/h2-5,8H,6-7H2,1H3. The molecule has 0 aliphatic carbocycles. The van der Waals surface area contributed by atoms with Crippen molar-refractivity contribution < 1.29 is 0 Å². The number of rotatable bonds is 4. The van der Waals surface area contributed by atoms with Gasteiger partial charge in [-0.3, -0.25) is 0 Å². The lowest BCUT2D eigenvalue weighted by molar-refractivity contribution is 0.880. The zero-order valence-corrected chi connectivity index (χ0v) is 12.5. The topological polar surface area (TPSA) is 29.0 Å². The molecule has 0 amide bonds. The Hall–Kier alpha value is -1.03. The Morgan fingerprint density at radius 3 is 2.42 bits per heavy atom. The van der Waals surface area contributed by atoms with Gasteiger partial charge in [0.15, 0.2) is 0 Å². The summed E-state index contributed by atoms with van der Waals surface area (Å²) in [5.41, 5.74) is 1.87. The molecule has 0 spiro atoms. The van der Waals surface area contributed by atoms with Crippen molar-refractivity contribution in [1.82, 2.24) is 9.97 Å². The second kappa shape index (κ2) is 6.42. The lowest BCUT2D eigenvalue weighted by atomic mass is 10.2. The molecule has 0 aliphatic rings. The summed E-state index contributed by atoms with van der Waals surface area (Å²) >= 11 is 17.8. The molecular formula is C13H12Cl3N3. The molecule has 1 aromatic carbocycles. The van der Waals surface area contributed by atoms with Crippen LogP contribution in [-0.4, -0.2) is 17.0 Å². The van der Waals surface area contributed by atoms with Crippen LogP contribution in [0.2, 0.25) is 10.2 Å². The lowest BCUT2D eigenvalue weighted by Gasteiger charge is -2.20. The summed E-state index contributed by atoms with van der Waals surface area (Å²) in [6.45, 7) is 0.689. The zero-order chi connectivity index (χ0) is 13.8. The van der Waals surface area contributed by atoms with Gasteiger partial charge in [-0.15, -0.1) is 11.6 Å². The van der Waals surface area contributed by atoms with Crippen molar-refractivity contribution >= 4 is 40.6 Å². The van der Waals surface area contributed by atoms with Gasteiger partial charge in [-0.2, -0.15) is 0 Å². The predicted octanol–water partition coefficient (Wildman–Crippen LogP) is 4.16. The summed E-state index contributed by atoms with van der Waals surface area (Å²) in [4.78, 5) is 10.2. The lowest BCUT2D eigenvalue weighted by Crippen LogP contribution is -2.19. The number of aromatic nitrogens is 2. The third kappa shape index (κ3) is 3.50. The van der Waals surface area contributed by atoms with Crippen molar-refractivity contribution in [3.8, 4) is 0 Å². The van der Waals surface area contributed by atoms with Gasteiger partial charge >= 0.3 is 0 Å². The van der Waals surface area contributed by atoms with Crippen molar-refractivity contribution in [3.05, 3.63) is 51.9 Å². The maximum Gasteiger partial charge on any atom is 0.138 e. The van der Waals surface area contributed by atoms with E-state index in [1.54, 1.807) is 0 Å². The van der Waals surface area contributed by atoms with Crippen molar-refractivity contribution in [3.63, 3.8) is 0 Å². The van der Waals surface area contributed by atoms with Crippen molar-refractivity contribution in [2.24, 2.45) is 0 Å². The Labute approximate surface area is 127 Å². The largest absolute Gasteiger partial charge is 0.355 e. The SMILES string of the molecule is CN(Cc1ccc(Cl)cc1)c1ncnc(Cl)c1CCl. The molecule has 100 valence electrons. The monoisotopic (exact) mass is 315 g/mol. The highest BCUT2D eigenvalue weighted by molar-refractivity contribution is 6.31. The van der Waals surface area contributed by atoms with Gasteiger partial charge in [-0.05, 0) is 17.7 Å². The first-order chi connectivity index (χ1) is 9.11. The predicted molar refractivity (Wildman–Crippen MR) is 80.2 cm³/mol. The first-order valence-electron chi connectivity index (χ1n) is 5.62. The summed E-state index contributed by atoms with van der Waals surface area (Å²) in [5, 5.41) is 1.11. The Bertz CT molecular complexity index is 558. The van der Waals surface area contributed by atoms with Crippen LogP contribution < -0.4 is 4.90 Å². The van der Waals surface area contributed by atoms with Crippen LogP contribution in [-0.2, 0) is 12.4 Å². The van der Waals surface area contributed by atoms with Crippen LogP contribution in [0.5, 0.6) is 0 Å². The van der Waals surface area contributed by atoms with Gasteiger partial charge in [-0.25, -0.2) is 9.97 Å². The number of halogens is 3. The third-order valence-electron chi connectivity index (χ3n) is 2.70. The maximum atomic E-state index is 6.02. The smallest absolute Gasteiger partial charge is 0.138 e. The van der Waals surface area contributed by atoms with Gasteiger partial charge in [0.25, 0.3) is 0 Å². The van der Waals surface area contributed by atoms with E-state index in [9.17, 15) is 0 Å². The van der Waals surface area contributed by atoms with Gasteiger partial charge in [0.05, 0.1) is 5.88 Å². The van der Waals surface area contributed by atoms with Crippen molar-refractivity contribution in [2.75, 3.05) is 11.9 Å². The molecule has 0 radical (unpaired) electrons. The second-order valence-corrected chi connectivity index (χ2v) is 5.14. The van der Waals surface area contributed by atoms with Crippen molar-refractivity contribution in [1.29, 1.82) is 0 Å².